The Labute approximate surface area is 125 Å². The number of nitrogens with one attached hydrogen (secondary N) is 1. The van der Waals surface area contributed by atoms with Gasteiger partial charge < -0.3 is 10.2 Å². The lowest BCUT2D eigenvalue weighted by molar-refractivity contribution is 0.713. The molecule has 0 aliphatic heterocycles. The second-order valence-electron chi connectivity index (χ2n) is 4.84. The molecule has 0 spiro atoms. The minimum Gasteiger partial charge on any atom is -0.373 e. The van der Waals surface area contributed by atoms with E-state index >= 15 is 0 Å². The molecule has 108 valence electrons. The summed E-state index contributed by atoms with van der Waals surface area (Å²) in [4.78, 5) is 7.07. The fourth-order valence-corrected chi connectivity index (χ4v) is 2.67. The second-order valence-corrected chi connectivity index (χ2v) is 5.83. The lowest BCUT2D eigenvalue weighted by Crippen LogP contribution is -2.21. The van der Waals surface area contributed by atoms with Crippen molar-refractivity contribution in [2.75, 3.05) is 37.0 Å². The first-order valence-corrected chi connectivity index (χ1v) is 8.45. The molecule has 1 heterocycles. The fraction of sp³-hybridized carbons (Fsp3) is 0.438. The molecule has 1 aromatic heterocycles. The second kappa shape index (κ2) is 7.50. The van der Waals surface area contributed by atoms with Crippen LogP contribution in [0.4, 0.5) is 5.69 Å². The highest BCUT2D eigenvalue weighted by Crippen LogP contribution is 2.26. The maximum Gasteiger partial charge on any atom is 0.0726 e. The highest BCUT2D eigenvalue weighted by Gasteiger charge is 2.09. The number of para-hydroxylation sites is 1. The molecule has 0 fully saturated rings. The summed E-state index contributed by atoms with van der Waals surface area (Å²) in [6.45, 7) is 4.96. The van der Waals surface area contributed by atoms with Gasteiger partial charge in [-0.15, -0.1) is 0 Å². The normalized spacial score (nSPS) is 10.9. The molecule has 20 heavy (non-hydrogen) atoms. The Balaban J connectivity index is 2.38. The maximum absolute atomic E-state index is 4.74. The van der Waals surface area contributed by atoms with Gasteiger partial charge in [0.15, 0.2) is 0 Å². The molecule has 0 saturated heterocycles. The lowest BCUT2D eigenvalue weighted by atomic mass is 10.1. The van der Waals surface area contributed by atoms with Crippen LogP contribution in [0.15, 0.2) is 30.3 Å². The number of fused-ring (bicyclic) bond motifs is 1. The number of hydrogen-bond donors (Lipinski definition) is 1. The Bertz CT molecular complexity index is 556. The van der Waals surface area contributed by atoms with Gasteiger partial charge in [-0.3, -0.25) is 4.98 Å². The zero-order valence-corrected chi connectivity index (χ0v) is 13.3. The molecule has 0 radical (unpaired) electrons. The van der Waals surface area contributed by atoms with Gasteiger partial charge in [-0.2, -0.15) is 11.8 Å². The molecule has 0 atom stereocenters. The first-order valence-electron chi connectivity index (χ1n) is 7.05. The molecule has 0 amide bonds. The van der Waals surface area contributed by atoms with E-state index in [0.717, 1.165) is 36.6 Å². The molecule has 2 aromatic rings. The third kappa shape index (κ3) is 3.64. The van der Waals surface area contributed by atoms with Crippen molar-refractivity contribution < 1.29 is 0 Å². The Hall–Kier alpha value is -1.26. The van der Waals surface area contributed by atoms with Crippen molar-refractivity contribution in [1.82, 2.24) is 10.3 Å². The summed E-state index contributed by atoms with van der Waals surface area (Å²) in [6.07, 6.45) is 2.15. The summed E-state index contributed by atoms with van der Waals surface area (Å²) in [5.74, 6) is 1.13. The van der Waals surface area contributed by atoms with Gasteiger partial charge in [0.1, 0.15) is 0 Å². The van der Waals surface area contributed by atoms with Gasteiger partial charge in [-0.1, -0.05) is 25.1 Å². The van der Waals surface area contributed by atoms with Gasteiger partial charge in [0, 0.05) is 37.0 Å². The molecule has 2 rings (SSSR count). The average Bonchev–Trinajstić information content (AvgIpc) is 2.49. The van der Waals surface area contributed by atoms with Gasteiger partial charge in [0.2, 0.25) is 0 Å². The number of aromatic nitrogens is 1. The van der Waals surface area contributed by atoms with Crippen LogP contribution in [0.3, 0.4) is 0 Å². The Morgan fingerprint density at radius 3 is 2.85 bits per heavy atom. The van der Waals surface area contributed by atoms with Crippen molar-refractivity contribution in [1.29, 1.82) is 0 Å². The zero-order chi connectivity index (χ0) is 14.4. The van der Waals surface area contributed by atoms with Crippen LogP contribution >= 0.6 is 11.8 Å². The molecule has 1 aromatic carbocycles. The van der Waals surface area contributed by atoms with E-state index in [1.165, 1.54) is 11.1 Å². The van der Waals surface area contributed by atoms with Crippen LogP contribution in [-0.2, 0) is 6.54 Å². The standard InChI is InChI=1S/C16H23N3S/c1-4-17-12-13-11-16(19(2)9-10-20-3)14-7-5-6-8-15(14)18-13/h5-8,11,17H,4,9-10,12H2,1-3H3. The average molecular weight is 289 g/mol. The van der Waals surface area contributed by atoms with E-state index < -0.39 is 0 Å². The predicted octanol–water partition coefficient (Wildman–Crippen LogP) is 3.14. The van der Waals surface area contributed by atoms with Crippen molar-refractivity contribution in [3.63, 3.8) is 0 Å². The molecule has 0 aliphatic rings. The number of nitrogens with zero attached hydrogens (tertiary/aromatic N) is 2. The lowest BCUT2D eigenvalue weighted by Gasteiger charge is -2.21. The number of thioether (sulfide) groups is 1. The van der Waals surface area contributed by atoms with Crippen LogP contribution in [0.25, 0.3) is 10.9 Å². The zero-order valence-electron chi connectivity index (χ0n) is 12.5. The Kier molecular flexibility index (Phi) is 5.68. The minimum absolute atomic E-state index is 0.824. The Morgan fingerprint density at radius 1 is 1.30 bits per heavy atom. The van der Waals surface area contributed by atoms with Crippen molar-refractivity contribution in [2.24, 2.45) is 0 Å². The smallest absolute Gasteiger partial charge is 0.0726 e. The molecular weight excluding hydrogens is 266 g/mol. The number of rotatable bonds is 7. The van der Waals surface area contributed by atoms with E-state index in [-0.39, 0.29) is 0 Å². The highest BCUT2D eigenvalue weighted by atomic mass is 32.2. The van der Waals surface area contributed by atoms with E-state index in [9.17, 15) is 0 Å². The fourth-order valence-electron chi connectivity index (χ4n) is 2.22. The molecular formula is C16H23N3S. The first-order chi connectivity index (χ1) is 9.76. The molecule has 0 unspecified atom stereocenters. The van der Waals surface area contributed by atoms with Crippen molar-refractivity contribution >= 4 is 28.4 Å². The number of hydrogen-bond acceptors (Lipinski definition) is 4. The maximum atomic E-state index is 4.74. The van der Waals surface area contributed by atoms with Gasteiger partial charge in [0.05, 0.1) is 11.2 Å². The minimum atomic E-state index is 0.824. The highest BCUT2D eigenvalue weighted by molar-refractivity contribution is 7.98. The van der Waals surface area contributed by atoms with E-state index in [0.29, 0.717) is 0 Å². The van der Waals surface area contributed by atoms with E-state index in [2.05, 4.69) is 60.8 Å². The molecule has 1 N–H and O–H groups in total. The molecule has 0 saturated carbocycles. The van der Waals surface area contributed by atoms with Gasteiger partial charge in [0.25, 0.3) is 0 Å². The molecule has 3 nitrogen and oxygen atoms in total. The SMILES string of the molecule is CCNCc1cc(N(C)CCSC)c2ccccc2n1. The molecule has 4 heteroatoms. The van der Waals surface area contributed by atoms with Gasteiger partial charge in [-0.25, -0.2) is 0 Å². The summed E-state index contributed by atoms with van der Waals surface area (Å²) in [7, 11) is 2.16. The molecule has 0 aliphatic carbocycles. The van der Waals surface area contributed by atoms with Crippen molar-refractivity contribution in [3.05, 3.63) is 36.0 Å². The predicted molar refractivity (Wildman–Crippen MR) is 90.8 cm³/mol. The topological polar surface area (TPSA) is 28.2 Å². The van der Waals surface area contributed by atoms with Gasteiger partial charge >= 0.3 is 0 Å². The monoisotopic (exact) mass is 289 g/mol. The van der Waals surface area contributed by atoms with Crippen LogP contribution < -0.4 is 10.2 Å². The van der Waals surface area contributed by atoms with E-state index in [1.807, 2.05) is 11.8 Å². The largest absolute Gasteiger partial charge is 0.373 e. The first kappa shape index (κ1) is 15.1. The number of benzene rings is 1. The van der Waals surface area contributed by atoms with Gasteiger partial charge in [-0.05, 0) is 24.9 Å². The summed E-state index contributed by atoms with van der Waals surface area (Å²) in [5.41, 5.74) is 3.46. The Morgan fingerprint density at radius 2 is 2.10 bits per heavy atom. The van der Waals surface area contributed by atoms with Crippen molar-refractivity contribution in [2.45, 2.75) is 13.5 Å². The van der Waals surface area contributed by atoms with Crippen LogP contribution in [0, 0.1) is 0 Å². The third-order valence-corrected chi connectivity index (χ3v) is 3.94. The number of anilines is 1. The van der Waals surface area contributed by atoms with Crippen molar-refractivity contribution in [3.8, 4) is 0 Å². The molecule has 0 bridgehead atoms. The summed E-state index contributed by atoms with van der Waals surface area (Å²) in [6, 6.07) is 10.6. The van der Waals surface area contributed by atoms with Crippen LogP contribution in [0.2, 0.25) is 0 Å². The van der Waals surface area contributed by atoms with Crippen LogP contribution in [0.1, 0.15) is 12.6 Å². The van der Waals surface area contributed by atoms with Crippen LogP contribution in [-0.4, -0.2) is 37.1 Å². The number of pyridine rings is 1. The third-order valence-electron chi connectivity index (χ3n) is 3.35. The summed E-state index contributed by atoms with van der Waals surface area (Å²) >= 11 is 1.88. The van der Waals surface area contributed by atoms with E-state index in [4.69, 9.17) is 4.98 Å². The summed E-state index contributed by atoms with van der Waals surface area (Å²) in [5, 5.41) is 4.59. The quantitative estimate of drug-likeness (QED) is 0.847. The van der Waals surface area contributed by atoms with Crippen LogP contribution in [0.5, 0.6) is 0 Å². The van der Waals surface area contributed by atoms with E-state index in [1.54, 1.807) is 0 Å². The summed E-state index contributed by atoms with van der Waals surface area (Å²) < 4.78 is 0.